The second-order valence-corrected chi connectivity index (χ2v) is 3.85. The molecule has 6 nitrogen and oxygen atoms in total. The fraction of sp³-hybridized carbons (Fsp3) is 0.182. The number of nitrogens with one attached hydrogen (secondary N) is 2. The summed E-state index contributed by atoms with van der Waals surface area (Å²) in [4.78, 5) is 11.9. The Balaban J connectivity index is 2.34. The number of hydrogen-bond acceptors (Lipinski definition) is 6. The molecule has 19 heavy (non-hydrogen) atoms. The lowest BCUT2D eigenvalue weighted by atomic mass is 10.3. The van der Waals surface area contributed by atoms with E-state index in [2.05, 4.69) is 25.6 Å². The Morgan fingerprint density at radius 2 is 1.95 bits per heavy atom. The number of ether oxygens (including phenoxy) is 1. The fourth-order valence-electron chi connectivity index (χ4n) is 1.34. The molecule has 100 valence electrons. The van der Waals surface area contributed by atoms with Crippen molar-refractivity contribution in [2.75, 3.05) is 24.8 Å². The summed E-state index contributed by atoms with van der Waals surface area (Å²) in [7, 11) is 3.08. The molecule has 1 heterocycles. The normalized spacial score (nSPS) is 10.1. The molecule has 0 unspecified atom stereocenters. The summed E-state index contributed by atoms with van der Waals surface area (Å²) in [5.41, 5.74) is 0.169. The predicted molar refractivity (Wildman–Crippen MR) is 70.6 cm³/mol. The third kappa shape index (κ3) is 3.00. The molecule has 1 aromatic carbocycles. The molecule has 2 aromatic rings. The average Bonchev–Trinajstić information content (AvgIpc) is 2.43. The van der Waals surface area contributed by atoms with Crippen LogP contribution >= 0.6 is 11.6 Å². The minimum Gasteiger partial charge on any atom is -0.467 e. The topological polar surface area (TPSA) is 72.0 Å². The van der Waals surface area contributed by atoms with Crippen LogP contribution in [0.15, 0.2) is 18.2 Å². The Kier molecular flexibility index (Phi) is 3.96. The van der Waals surface area contributed by atoms with E-state index in [1.165, 1.54) is 19.2 Å². The van der Waals surface area contributed by atoms with Gasteiger partial charge in [-0.05, 0) is 12.1 Å². The molecule has 0 fully saturated rings. The van der Waals surface area contributed by atoms with E-state index in [0.29, 0.717) is 5.95 Å². The molecule has 0 saturated carbocycles. The van der Waals surface area contributed by atoms with Crippen molar-refractivity contribution in [3.05, 3.63) is 29.0 Å². The second-order valence-electron chi connectivity index (χ2n) is 3.45. The molecule has 0 aliphatic rings. The van der Waals surface area contributed by atoms with Crippen LogP contribution in [0.5, 0.6) is 6.01 Å². The number of hydrogen-bond donors (Lipinski definition) is 2. The van der Waals surface area contributed by atoms with Gasteiger partial charge in [0.15, 0.2) is 5.82 Å². The van der Waals surface area contributed by atoms with Gasteiger partial charge in [0.25, 0.3) is 0 Å². The monoisotopic (exact) mass is 283 g/mol. The molecular weight excluding hydrogens is 273 g/mol. The van der Waals surface area contributed by atoms with E-state index in [-0.39, 0.29) is 22.7 Å². The SMILES string of the molecule is CNc1nc(Nc2cccc(Cl)c2F)nc(OC)n1. The highest BCUT2D eigenvalue weighted by atomic mass is 35.5. The Hall–Kier alpha value is -2.15. The van der Waals surface area contributed by atoms with Gasteiger partial charge >= 0.3 is 6.01 Å². The van der Waals surface area contributed by atoms with Crippen LogP contribution in [0.3, 0.4) is 0 Å². The molecule has 1 aromatic heterocycles. The van der Waals surface area contributed by atoms with Crippen molar-refractivity contribution in [1.82, 2.24) is 15.0 Å². The highest BCUT2D eigenvalue weighted by Gasteiger charge is 2.10. The van der Waals surface area contributed by atoms with Gasteiger partial charge in [0.05, 0.1) is 17.8 Å². The van der Waals surface area contributed by atoms with Gasteiger partial charge in [-0.15, -0.1) is 0 Å². The zero-order chi connectivity index (χ0) is 13.8. The van der Waals surface area contributed by atoms with E-state index in [1.807, 2.05) is 0 Å². The second kappa shape index (κ2) is 5.66. The molecule has 0 aliphatic carbocycles. The van der Waals surface area contributed by atoms with Crippen LogP contribution in [0.4, 0.5) is 22.0 Å². The first-order valence-electron chi connectivity index (χ1n) is 5.33. The van der Waals surface area contributed by atoms with Gasteiger partial charge in [0.1, 0.15) is 0 Å². The zero-order valence-corrected chi connectivity index (χ0v) is 11.0. The molecule has 0 atom stereocenters. The number of nitrogens with zero attached hydrogens (tertiary/aromatic N) is 3. The highest BCUT2D eigenvalue weighted by molar-refractivity contribution is 6.31. The minimum atomic E-state index is -0.574. The fourth-order valence-corrected chi connectivity index (χ4v) is 1.51. The van der Waals surface area contributed by atoms with Crippen LogP contribution < -0.4 is 15.4 Å². The number of benzene rings is 1. The first kappa shape index (κ1) is 13.3. The van der Waals surface area contributed by atoms with Gasteiger partial charge in [-0.25, -0.2) is 4.39 Å². The van der Waals surface area contributed by atoms with Gasteiger partial charge in [0, 0.05) is 7.05 Å². The lowest BCUT2D eigenvalue weighted by molar-refractivity contribution is 0.379. The van der Waals surface area contributed by atoms with Crippen molar-refractivity contribution in [3.8, 4) is 6.01 Å². The summed E-state index contributed by atoms with van der Waals surface area (Å²) in [6, 6.07) is 4.71. The Morgan fingerprint density at radius 3 is 2.63 bits per heavy atom. The van der Waals surface area contributed by atoms with Crippen LogP contribution in [0.1, 0.15) is 0 Å². The lowest BCUT2D eigenvalue weighted by Gasteiger charge is -2.09. The highest BCUT2D eigenvalue weighted by Crippen LogP contribution is 2.24. The third-order valence-corrected chi connectivity index (χ3v) is 2.51. The lowest BCUT2D eigenvalue weighted by Crippen LogP contribution is -2.06. The van der Waals surface area contributed by atoms with E-state index in [0.717, 1.165) is 0 Å². The van der Waals surface area contributed by atoms with E-state index < -0.39 is 5.82 Å². The third-order valence-electron chi connectivity index (χ3n) is 2.22. The Morgan fingerprint density at radius 1 is 1.21 bits per heavy atom. The molecule has 2 N–H and O–H groups in total. The standard InChI is InChI=1S/C11H11ClFN5O/c1-14-9-16-10(18-11(17-9)19-2)15-7-5-3-4-6(12)8(7)13/h3-5H,1-2H3,(H2,14,15,16,17,18). The van der Waals surface area contributed by atoms with Crippen molar-refractivity contribution in [2.45, 2.75) is 0 Å². The maximum Gasteiger partial charge on any atom is 0.322 e. The van der Waals surface area contributed by atoms with Crippen molar-refractivity contribution in [3.63, 3.8) is 0 Å². The number of methoxy groups -OCH3 is 1. The number of aromatic nitrogens is 3. The summed E-state index contributed by atoms with van der Waals surface area (Å²) in [6.45, 7) is 0. The molecule has 0 aliphatic heterocycles. The van der Waals surface area contributed by atoms with Crippen molar-refractivity contribution < 1.29 is 9.13 Å². The molecule has 0 bridgehead atoms. The van der Waals surface area contributed by atoms with E-state index in [9.17, 15) is 4.39 Å². The first-order valence-corrected chi connectivity index (χ1v) is 5.70. The summed E-state index contributed by atoms with van der Waals surface area (Å²) in [6.07, 6.45) is 0. The largest absolute Gasteiger partial charge is 0.467 e. The van der Waals surface area contributed by atoms with Crippen LogP contribution in [0.2, 0.25) is 5.02 Å². The zero-order valence-electron chi connectivity index (χ0n) is 10.2. The smallest absolute Gasteiger partial charge is 0.322 e. The summed E-state index contributed by atoms with van der Waals surface area (Å²) in [5, 5.41) is 5.49. The Bertz CT molecular complexity index is 573. The molecular formula is C11H11ClFN5O. The number of anilines is 3. The number of halogens is 2. The molecule has 0 radical (unpaired) electrons. The van der Waals surface area contributed by atoms with E-state index in [1.54, 1.807) is 13.1 Å². The summed E-state index contributed by atoms with van der Waals surface area (Å²) < 4.78 is 18.7. The summed E-state index contributed by atoms with van der Waals surface area (Å²) in [5.74, 6) is -0.122. The minimum absolute atomic E-state index is 0.0138. The maximum atomic E-state index is 13.7. The van der Waals surface area contributed by atoms with Gasteiger partial charge in [0.2, 0.25) is 11.9 Å². The summed E-state index contributed by atoms with van der Waals surface area (Å²) >= 11 is 5.69. The van der Waals surface area contributed by atoms with Gasteiger partial charge in [-0.2, -0.15) is 15.0 Å². The quantitative estimate of drug-likeness (QED) is 0.898. The Labute approximate surface area is 114 Å². The van der Waals surface area contributed by atoms with E-state index in [4.69, 9.17) is 16.3 Å². The predicted octanol–water partition coefficient (Wildman–Crippen LogP) is 2.46. The maximum absolute atomic E-state index is 13.7. The van der Waals surface area contributed by atoms with Crippen LogP contribution in [0.25, 0.3) is 0 Å². The van der Waals surface area contributed by atoms with Crippen molar-refractivity contribution in [2.24, 2.45) is 0 Å². The first-order chi connectivity index (χ1) is 9.13. The van der Waals surface area contributed by atoms with Crippen LogP contribution in [-0.2, 0) is 0 Å². The molecule has 2 rings (SSSR count). The van der Waals surface area contributed by atoms with Crippen molar-refractivity contribution in [1.29, 1.82) is 0 Å². The average molecular weight is 284 g/mol. The van der Waals surface area contributed by atoms with Gasteiger partial charge in [-0.1, -0.05) is 17.7 Å². The molecule has 0 saturated heterocycles. The molecule has 0 amide bonds. The molecule has 0 spiro atoms. The van der Waals surface area contributed by atoms with Crippen LogP contribution in [0, 0.1) is 5.82 Å². The van der Waals surface area contributed by atoms with Crippen LogP contribution in [-0.4, -0.2) is 29.1 Å². The van der Waals surface area contributed by atoms with E-state index >= 15 is 0 Å². The number of rotatable bonds is 4. The molecule has 8 heteroatoms. The van der Waals surface area contributed by atoms with Gasteiger partial charge in [-0.3, -0.25) is 0 Å². The van der Waals surface area contributed by atoms with Gasteiger partial charge < -0.3 is 15.4 Å². The van der Waals surface area contributed by atoms with Crippen molar-refractivity contribution >= 4 is 29.2 Å².